The summed E-state index contributed by atoms with van der Waals surface area (Å²) in [5, 5.41) is 2.63. The van der Waals surface area contributed by atoms with Gasteiger partial charge in [0.1, 0.15) is 5.69 Å². The molecule has 17 heavy (non-hydrogen) atoms. The number of aromatic nitrogens is 1. The number of amides is 2. The fourth-order valence-electron chi connectivity index (χ4n) is 1.26. The topological polar surface area (TPSA) is 62.3 Å². The summed E-state index contributed by atoms with van der Waals surface area (Å²) in [5.41, 5.74) is 0.305. The van der Waals surface area contributed by atoms with Gasteiger partial charge in [-0.1, -0.05) is 0 Å². The summed E-state index contributed by atoms with van der Waals surface area (Å²) >= 11 is 3.25. The molecule has 5 nitrogen and oxygen atoms in total. The van der Waals surface area contributed by atoms with Crippen molar-refractivity contribution in [2.24, 2.45) is 0 Å². The zero-order valence-electron chi connectivity index (χ0n) is 9.74. The fraction of sp³-hybridized carbons (Fsp3) is 0.364. The molecule has 0 aliphatic heterocycles. The molecular weight excluding hydrogens is 286 g/mol. The van der Waals surface area contributed by atoms with Gasteiger partial charge in [-0.15, -0.1) is 0 Å². The van der Waals surface area contributed by atoms with Gasteiger partial charge in [0.2, 0.25) is 5.91 Å². The third kappa shape index (κ3) is 3.81. The van der Waals surface area contributed by atoms with Crippen LogP contribution in [0.3, 0.4) is 0 Å². The standard InChI is InChI=1S/C11H14BrN3O2/c1-3-13-9(16)7-15(2)11(17)10-8(12)5-4-6-14-10/h4-6H,3,7H2,1-2H3,(H,13,16). The zero-order chi connectivity index (χ0) is 12.8. The Kier molecular flexibility index (Phi) is 5.09. The highest BCUT2D eigenvalue weighted by Crippen LogP contribution is 2.14. The smallest absolute Gasteiger partial charge is 0.273 e. The number of carbonyl (C=O) groups is 2. The fourth-order valence-corrected chi connectivity index (χ4v) is 1.69. The molecule has 0 saturated carbocycles. The van der Waals surface area contributed by atoms with Crippen molar-refractivity contribution in [1.82, 2.24) is 15.2 Å². The molecule has 0 saturated heterocycles. The second kappa shape index (κ2) is 6.34. The van der Waals surface area contributed by atoms with Crippen LogP contribution in [-0.2, 0) is 4.79 Å². The Hall–Kier alpha value is -1.43. The van der Waals surface area contributed by atoms with Crippen LogP contribution < -0.4 is 5.32 Å². The molecule has 92 valence electrons. The van der Waals surface area contributed by atoms with Crippen molar-refractivity contribution in [2.75, 3.05) is 20.1 Å². The lowest BCUT2D eigenvalue weighted by Gasteiger charge is -2.16. The van der Waals surface area contributed by atoms with Gasteiger partial charge in [0.25, 0.3) is 5.91 Å². The van der Waals surface area contributed by atoms with E-state index in [1.165, 1.54) is 11.1 Å². The lowest BCUT2D eigenvalue weighted by Crippen LogP contribution is -2.38. The molecule has 0 radical (unpaired) electrons. The highest BCUT2D eigenvalue weighted by atomic mass is 79.9. The Morgan fingerprint density at radius 3 is 2.82 bits per heavy atom. The van der Waals surface area contributed by atoms with Crippen molar-refractivity contribution >= 4 is 27.7 Å². The van der Waals surface area contributed by atoms with Crippen molar-refractivity contribution in [1.29, 1.82) is 0 Å². The average molecular weight is 300 g/mol. The first-order valence-corrected chi connectivity index (χ1v) is 5.98. The minimum absolute atomic E-state index is 0.0235. The minimum Gasteiger partial charge on any atom is -0.355 e. The number of pyridine rings is 1. The van der Waals surface area contributed by atoms with E-state index < -0.39 is 0 Å². The van der Waals surface area contributed by atoms with Crippen LogP contribution in [0, 0.1) is 0 Å². The second-order valence-corrected chi connectivity index (χ2v) is 4.30. The Labute approximate surface area is 108 Å². The van der Waals surface area contributed by atoms with Crippen molar-refractivity contribution in [3.8, 4) is 0 Å². The van der Waals surface area contributed by atoms with E-state index in [9.17, 15) is 9.59 Å². The summed E-state index contributed by atoms with van der Waals surface area (Å²) in [6.45, 7) is 2.40. The molecule has 6 heteroatoms. The Morgan fingerprint density at radius 1 is 1.53 bits per heavy atom. The number of rotatable bonds is 4. The summed E-state index contributed by atoms with van der Waals surface area (Å²) < 4.78 is 0.618. The van der Waals surface area contributed by atoms with Crippen LogP contribution in [0.25, 0.3) is 0 Å². The van der Waals surface area contributed by atoms with Gasteiger partial charge in [0.05, 0.1) is 6.54 Å². The summed E-state index contributed by atoms with van der Waals surface area (Å²) in [6.07, 6.45) is 1.54. The maximum Gasteiger partial charge on any atom is 0.273 e. The van der Waals surface area contributed by atoms with Gasteiger partial charge < -0.3 is 10.2 Å². The van der Waals surface area contributed by atoms with E-state index in [0.717, 1.165) is 0 Å². The maximum absolute atomic E-state index is 12.0. The first kappa shape index (κ1) is 13.6. The van der Waals surface area contributed by atoms with Gasteiger partial charge >= 0.3 is 0 Å². The number of likely N-dealkylation sites (N-methyl/N-ethyl adjacent to an activating group) is 2. The predicted molar refractivity (Wildman–Crippen MR) is 67.6 cm³/mol. The van der Waals surface area contributed by atoms with Crippen LogP contribution >= 0.6 is 15.9 Å². The quantitative estimate of drug-likeness (QED) is 0.904. The van der Waals surface area contributed by atoms with E-state index in [4.69, 9.17) is 0 Å². The Morgan fingerprint density at radius 2 is 2.24 bits per heavy atom. The van der Waals surface area contributed by atoms with Gasteiger partial charge in [0, 0.05) is 24.3 Å². The average Bonchev–Trinajstić information content (AvgIpc) is 2.29. The van der Waals surface area contributed by atoms with Gasteiger partial charge in [-0.3, -0.25) is 9.59 Å². The monoisotopic (exact) mass is 299 g/mol. The van der Waals surface area contributed by atoms with E-state index in [0.29, 0.717) is 16.7 Å². The summed E-state index contributed by atoms with van der Waals surface area (Å²) in [4.78, 5) is 28.6. The van der Waals surface area contributed by atoms with Gasteiger partial charge in [0.15, 0.2) is 0 Å². The predicted octanol–water partition coefficient (Wildman–Crippen LogP) is 1.05. The van der Waals surface area contributed by atoms with Crippen molar-refractivity contribution in [2.45, 2.75) is 6.92 Å². The first-order chi connectivity index (χ1) is 8.06. The highest BCUT2D eigenvalue weighted by molar-refractivity contribution is 9.10. The molecule has 1 N–H and O–H groups in total. The summed E-state index contributed by atoms with van der Waals surface area (Å²) in [6, 6.07) is 3.46. The molecule has 0 aromatic carbocycles. The summed E-state index contributed by atoms with van der Waals surface area (Å²) in [7, 11) is 1.57. The number of hydrogen-bond donors (Lipinski definition) is 1. The number of carbonyl (C=O) groups excluding carboxylic acids is 2. The van der Waals surface area contributed by atoms with E-state index >= 15 is 0 Å². The molecule has 0 fully saturated rings. The van der Waals surface area contributed by atoms with Gasteiger partial charge in [-0.25, -0.2) is 4.98 Å². The number of nitrogens with one attached hydrogen (secondary N) is 1. The van der Waals surface area contributed by atoms with Crippen molar-refractivity contribution < 1.29 is 9.59 Å². The van der Waals surface area contributed by atoms with Crippen LogP contribution in [-0.4, -0.2) is 41.8 Å². The second-order valence-electron chi connectivity index (χ2n) is 3.45. The van der Waals surface area contributed by atoms with E-state index in [1.807, 2.05) is 6.92 Å². The van der Waals surface area contributed by atoms with E-state index in [-0.39, 0.29) is 18.4 Å². The number of halogens is 1. The molecule has 2 amide bonds. The molecular formula is C11H14BrN3O2. The molecule has 0 atom stereocenters. The molecule has 1 aromatic heterocycles. The van der Waals surface area contributed by atoms with Crippen LogP contribution in [0.2, 0.25) is 0 Å². The van der Waals surface area contributed by atoms with Crippen LogP contribution in [0.4, 0.5) is 0 Å². The normalized spacial score (nSPS) is 9.82. The third-order valence-electron chi connectivity index (χ3n) is 2.06. The highest BCUT2D eigenvalue weighted by Gasteiger charge is 2.17. The van der Waals surface area contributed by atoms with Gasteiger partial charge in [-0.05, 0) is 35.0 Å². The molecule has 1 rings (SSSR count). The lowest BCUT2D eigenvalue weighted by molar-refractivity contribution is -0.121. The molecule has 0 unspecified atom stereocenters. The van der Waals surface area contributed by atoms with E-state index in [2.05, 4.69) is 26.2 Å². The SMILES string of the molecule is CCNC(=O)CN(C)C(=O)c1ncccc1Br. The zero-order valence-corrected chi connectivity index (χ0v) is 11.3. The molecule has 0 spiro atoms. The van der Waals surface area contributed by atoms with Crippen molar-refractivity contribution in [3.63, 3.8) is 0 Å². The largest absolute Gasteiger partial charge is 0.355 e. The number of nitrogens with zero attached hydrogens (tertiary/aromatic N) is 2. The van der Waals surface area contributed by atoms with Crippen molar-refractivity contribution in [3.05, 3.63) is 28.5 Å². The Bertz CT molecular complexity index is 423. The van der Waals surface area contributed by atoms with Crippen LogP contribution in [0.15, 0.2) is 22.8 Å². The lowest BCUT2D eigenvalue weighted by atomic mass is 10.3. The molecule has 1 heterocycles. The molecule has 0 bridgehead atoms. The molecule has 0 aliphatic carbocycles. The summed E-state index contributed by atoms with van der Waals surface area (Å²) in [5.74, 6) is -0.473. The third-order valence-corrected chi connectivity index (χ3v) is 2.70. The van der Waals surface area contributed by atoms with Crippen LogP contribution in [0.5, 0.6) is 0 Å². The number of hydrogen-bond acceptors (Lipinski definition) is 3. The van der Waals surface area contributed by atoms with Crippen LogP contribution in [0.1, 0.15) is 17.4 Å². The maximum atomic E-state index is 12.0. The first-order valence-electron chi connectivity index (χ1n) is 5.19. The molecule has 0 aliphatic rings. The van der Waals surface area contributed by atoms with Gasteiger partial charge in [-0.2, -0.15) is 0 Å². The molecule has 1 aromatic rings. The minimum atomic E-state index is -0.288. The Balaban J connectivity index is 2.70. The van der Waals surface area contributed by atoms with E-state index in [1.54, 1.807) is 19.2 Å².